The van der Waals surface area contributed by atoms with Gasteiger partial charge in [-0.05, 0) is 86.5 Å². The Morgan fingerprint density at radius 2 is 1.38 bits per heavy atom. The molecule has 0 bridgehead atoms. The van der Waals surface area contributed by atoms with Crippen molar-refractivity contribution in [1.29, 1.82) is 0 Å². The van der Waals surface area contributed by atoms with Crippen LogP contribution in [0.2, 0.25) is 0 Å². The van der Waals surface area contributed by atoms with Crippen molar-refractivity contribution in [2.45, 2.75) is 57.4 Å². The van der Waals surface area contributed by atoms with Crippen LogP contribution in [0.1, 0.15) is 76.9 Å². The second-order valence-electron chi connectivity index (χ2n) is 17.3. The molecule has 1 unspecified atom stereocenters. The van der Waals surface area contributed by atoms with Crippen LogP contribution in [0.5, 0.6) is 0 Å². The lowest BCUT2D eigenvalue weighted by Gasteiger charge is -2.41. The summed E-state index contributed by atoms with van der Waals surface area (Å²) in [5.74, 6) is -0.404. The average Bonchev–Trinajstić information content (AvgIpc) is 3.31. The number of hydrogen-bond donors (Lipinski definition) is 2. The maximum Gasteiger partial charge on any atom is 0.272 e. The number of aromatic nitrogens is 2. The molecule has 3 aliphatic heterocycles. The number of H-pyrrole nitrogens is 1. The van der Waals surface area contributed by atoms with Gasteiger partial charge in [0, 0.05) is 76.3 Å². The lowest BCUT2D eigenvalue weighted by molar-refractivity contribution is -0.137. The van der Waals surface area contributed by atoms with Crippen molar-refractivity contribution < 1.29 is 23.6 Å². The van der Waals surface area contributed by atoms with Gasteiger partial charge in [-0.1, -0.05) is 61.7 Å². The van der Waals surface area contributed by atoms with E-state index in [-0.39, 0.29) is 34.8 Å². The highest BCUT2D eigenvalue weighted by Crippen LogP contribution is 2.29. The van der Waals surface area contributed by atoms with E-state index in [0.29, 0.717) is 85.7 Å². The van der Waals surface area contributed by atoms with E-state index in [1.165, 1.54) is 12.5 Å². The second-order valence-corrected chi connectivity index (χ2v) is 17.3. The second kappa shape index (κ2) is 19.5. The highest BCUT2D eigenvalue weighted by molar-refractivity contribution is 5.98. The highest BCUT2D eigenvalue weighted by Gasteiger charge is 2.36. The number of amides is 4. The van der Waals surface area contributed by atoms with Crippen LogP contribution in [0.25, 0.3) is 10.8 Å². The molecule has 1 aliphatic carbocycles. The molecule has 2 N–H and O–H groups in total. The summed E-state index contributed by atoms with van der Waals surface area (Å²) in [5, 5.41) is 11.1. The number of rotatable bonds is 11. The standard InChI is InChI=1S/C47H57FN8O5/c48-40-16-15-34(30-41-37-13-7-8-14-38(37)45(59)51-50-41)29-39(40)46(60)55-27-25-54(26-28-55)42(57)32-52-19-17-33(18-20-52)31-53-21-23-56(24-22-53)47(61)43(35-9-3-1-4-10-35)49-44(58)36-11-5-2-6-12-36/h2,5-8,11-16,29,33,35,43H,1,3-4,9-10,17-28,30-32H2,(H,49,58)(H,51,59). The van der Waals surface area contributed by atoms with Crippen molar-refractivity contribution in [1.82, 2.24) is 40.0 Å². The molecule has 4 heterocycles. The zero-order valence-corrected chi connectivity index (χ0v) is 34.9. The van der Waals surface area contributed by atoms with E-state index >= 15 is 4.39 Å². The Morgan fingerprint density at radius 1 is 0.721 bits per heavy atom. The van der Waals surface area contributed by atoms with E-state index in [4.69, 9.17) is 0 Å². The van der Waals surface area contributed by atoms with E-state index in [0.717, 1.165) is 71.2 Å². The Bertz CT molecular complexity index is 2240. The van der Waals surface area contributed by atoms with Gasteiger partial charge in [0.15, 0.2) is 0 Å². The van der Waals surface area contributed by atoms with Crippen LogP contribution >= 0.6 is 0 Å². The van der Waals surface area contributed by atoms with Crippen LogP contribution in [-0.4, -0.2) is 143 Å². The third-order valence-electron chi connectivity index (χ3n) is 13.3. The summed E-state index contributed by atoms with van der Waals surface area (Å²) in [7, 11) is 0. The monoisotopic (exact) mass is 832 g/mol. The summed E-state index contributed by atoms with van der Waals surface area (Å²) in [6.45, 7) is 7.38. The molecule has 0 spiro atoms. The summed E-state index contributed by atoms with van der Waals surface area (Å²) < 4.78 is 15.0. The third kappa shape index (κ3) is 10.2. The van der Waals surface area contributed by atoms with Gasteiger partial charge >= 0.3 is 0 Å². The molecule has 3 aromatic carbocycles. The molecule has 8 rings (SSSR count). The molecule has 14 heteroatoms. The van der Waals surface area contributed by atoms with Crippen molar-refractivity contribution in [2.75, 3.05) is 78.5 Å². The minimum atomic E-state index is -0.600. The number of fused-ring (bicyclic) bond motifs is 1. The van der Waals surface area contributed by atoms with Crippen molar-refractivity contribution in [3.8, 4) is 0 Å². The molecule has 13 nitrogen and oxygen atoms in total. The fraction of sp³-hybridized carbons (Fsp3) is 0.489. The van der Waals surface area contributed by atoms with Gasteiger partial charge in [0.25, 0.3) is 17.4 Å². The van der Waals surface area contributed by atoms with Crippen LogP contribution in [0.4, 0.5) is 4.39 Å². The van der Waals surface area contributed by atoms with Gasteiger partial charge in [-0.3, -0.25) is 33.8 Å². The minimum Gasteiger partial charge on any atom is -0.340 e. The van der Waals surface area contributed by atoms with E-state index in [9.17, 15) is 24.0 Å². The maximum atomic E-state index is 15.0. The summed E-state index contributed by atoms with van der Waals surface area (Å²) in [4.78, 5) is 76.3. The average molecular weight is 833 g/mol. The van der Waals surface area contributed by atoms with Gasteiger partial charge in [-0.15, -0.1) is 0 Å². The number of nitrogens with one attached hydrogen (secondary N) is 2. The molecular weight excluding hydrogens is 776 g/mol. The van der Waals surface area contributed by atoms with E-state index in [1.807, 2.05) is 40.1 Å². The number of hydrogen-bond acceptors (Lipinski definition) is 8. The number of carbonyl (C=O) groups excluding carboxylic acids is 4. The smallest absolute Gasteiger partial charge is 0.272 e. The number of benzene rings is 3. The number of piperazine rings is 2. The molecule has 3 saturated heterocycles. The first-order valence-electron chi connectivity index (χ1n) is 22.1. The zero-order chi connectivity index (χ0) is 42.3. The van der Waals surface area contributed by atoms with Crippen LogP contribution < -0.4 is 10.9 Å². The topological polar surface area (TPSA) is 142 Å². The van der Waals surface area contributed by atoms with Gasteiger partial charge in [0.05, 0.1) is 23.2 Å². The molecule has 4 aromatic rings. The van der Waals surface area contributed by atoms with E-state index in [2.05, 4.69) is 25.3 Å². The maximum absolute atomic E-state index is 15.0. The molecule has 1 saturated carbocycles. The van der Waals surface area contributed by atoms with E-state index < -0.39 is 17.8 Å². The number of nitrogens with zero attached hydrogens (tertiary/aromatic N) is 6. The largest absolute Gasteiger partial charge is 0.340 e. The number of aromatic amines is 1. The molecular formula is C47H57FN8O5. The Hall–Kier alpha value is -5.47. The molecule has 4 fully saturated rings. The molecule has 1 aromatic heterocycles. The first-order chi connectivity index (χ1) is 29.7. The highest BCUT2D eigenvalue weighted by atomic mass is 19.1. The van der Waals surface area contributed by atoms with Gasteiger partial charge < -0.3 is 20.0 Å². The van der Waals surface area contributed by atoms with Crippen molar-refractivity contribution in [3.63, 3.8) is 0 Å². The first-order valence-corrected chi connectivity index (χ1v) is 22.1. The van der Waals surface area contributed by atoms with Crippen LogP contribution in [0.3, 0.4) is 0 Å². The molecule has 1 atom stereocenters. The number of likely N-dealkylation sites (tertiary alicyclic amines) is 1. The Balaban J connectivity index is 0.761. The fourth-order valence-corrected chi connectivity index (χ4v) is 9.67. The fourth-order valence-electron chi connectivity index (χ4n) is 9.67. The van der Waals surface area contributed by atoms with Crippen LogP contribution in [0.15, 0.2) is 77.6 Å². The molecule has 4 aliphatic rings. The number of piperidine rings is 1. The predicted octanol–water partition coefficient (Wildman–Crippen LogP) is 4.17. The number of carbonyl (C=O) groups is 4. The molecule has 4 amide bonds. The number of halogens is 1. The van der Waals surface area contributed by atoms with Gasteiger partial charge in [-0.2, -0.15) is 5.10 Å². The Kier molecular flexibility index (Phi) is 13.5. The first kappa shape index (κ1) is 42.2. The Morgan fingerprint density at radius 3 is 2.10 bits per heavy atom. The summed E-state index contributed by atoms with van der Waals surface area (Å²) in [5.41, 5.74) is 1.61. The summed E-state index contributed by atoms with van der Waals surface area (Å²) in [6, 6.07) is 20.3. The molecule has 0 radical (unpaired) electrons. The Labute approximate surface area is 356 Å². The van der Waals surface area contributed by atoms with E-state index in [1.54, 1.807) is 41.3 Å². The quantitative estimate of drug-likeness (QED) is 0.230. The SMILES string of the molecule is O=C(NC(C(=O)N1CCN(CC2CCN(CC(=O)N3CCN(C(=O)c4cc(Cc5n[nH]c(=O)c6ccccc56)ccc4F)CC3)CC2)CC1)C1CCCCC1)c1ccccc1. The normalized spacial score (nSPS) is 19.2. The molecule has 322 valence electrons. The van der Waals surface area contributed by atoms with Gasteiger partial charge in [0.2, 0.25) is 11.8 Å². The third-order valence-corrected chi connectivity index (χ3v) is 13.3. The van der Waals surface area contributed by atoms with Crippen molar-refractivity contribution >= 4 is 34.4 Å². The zero-order valence-electron chi connectivity index (χ0n) is 34.9. The summed E-state index contributed by atoms with van der Waals surface area (Å²) >= 11 is 0. The predicted molar refractivity (Wildman–Crippen MR) is 231 cm³/mol. The lowest BCUT2D eigenvalue weighted by atomic mass is 9.83. The molecule has 61 heavy (non-hydrogen) atoms. The van der Waals surface area contributed by atoms with Crippen molar-refractivity contribution in [2.24, 2.45) is 11.8 Å². The van der Waals surface area contributed by atoms with Crippen molar-refractivity contribution in [3.05, 3.63) is 111 Å². The van der Waals surface area contributed by atoms with Crippen LogP contribution in [-0.2, 0) is 16.0 Å². The minimum absolute atomic E-state index is 0.0166. The lowest BCUT2D eigenvalue weighted by Crippen LogP contribution is -2.57. The van der Waals surface area contributed by atoms with Crippen LogP contribution in [0, 0.1) is 17.7 Å². The van der Waals surface area contributed by atoms with Gasteiger partial charge in [0.1, 0.15) is 11.9 Å². The van der Waals surface area contributed by atoms with Gasteiger partial charge in [-0.25, -0.2) is 9.49 Å². The summed E-state index contributed by atoms with van der Waals surface area (Å²) in [6.07, 6.45) is 7.62.